The molecule has 1 aliphatic heterocycles. The highest BCUT2D eigenvalue weighted by Gasteiger charge is 2.31. The Hall–Kier alpha value is -3.35. The molecule has 3 heterocycles. The summed E-state index contributed by atoms with van der Waals surface area (Å²) in [7, 11) is 3.47. The number of anilines is 1. The molecule has 1 aliphatic rings. The summed E-state index contributed by atoms with van der Waals surface area (Å²) in [6.45, 7) is 0.835. The van der Waals surface area contributed by atoms with Gasteiger partial charge in [-0.15, -0.1) is 0 Å². The van der Waals surface area contributed by atoms with Crippen molar-refractivity contribution in [3.05, 3.63) is 71.8 Å². The third-order valence-corrected chi connectivity index (χ3v) is 5.13. The molecule has 28 heavy (non-hydrogen) atoms. The molecule has 0 aliphatic carbocycles. The van der Waals surface area contributed by atoms with E-state index in [4.69, 9.17) is 0 Å². The van der Waals surface area contributed by atoms with Gasteiger partial charge in [0.05, 0.1) is 5.69 Å². The standard InChI is InChI=1S/C21H23N5O2/c1-24(2)20(27)14-25-12-10-17(23-25)15-9-13-26(19-8-4-3-6-16(15)19)21(28)18-7-5-11-22-18/h3-8,10-12,15,22H,9,13-14H2,1-2H3/t15-/m0/s1. The first kappa shape index (κ1) is 18.0. The number of hydrogen-bond acceptors (Lipinski definition) is 3. The first-order valence-electron chi connectivity index (χ1n) is 9.32. The van der Waals surface area contributed by atoms with Crippen molar-refractivity contribution in [1.82, 2.24) is 19.7 Å². The lowest BCUT2D eigenvalue weighted by Crippen LogP contribution is -2.37. The molecule has 144 valence electrons. The van der Waals surface area contributed by atoms with E-state index >= 15 is 0 Å². The number of carbonyl (C=O) groups is 2. The molecule has 0 saturated heterocycles. The summed E-state index contributed by atoms with van der Waals surface area (Å²) in [5.74, 6) is 0.0685. The van der Waals surface area contributed by atoms with E-state index in [1.165, 1.54) is 0 Å². The zero-order chi connectivity index (χ0) is 19.7. The smallest absolute Gasteiger partial charge is 0.274 e. The average molecular weight is 377 g/mol. The van der Waals surface area contributed by atoms with Crippen LogP contribution in [0.4, 0.5) is 5.69 Å². The van der Waals surface area contributed by atoms with Gasteiger partial charge < -0.3 is 14.8 Å². The number of fused-ring (bicyclic) bond motifs is 1. The number of para-hydroxylation sites is 1. The molecular formula is C21H23N5O2. The predicted octanol–water partition coefficient (Wildman–Crippen LogP) is 2.48. The van der Waals surface area contributed by atoms with Gasteiger partial charge in [-0.1, -0.05) is 18.2 Å². The summed E-state index contributed by atoms with van der Waals surface area (Å²) in [5.41, 5.74) is 3.50. The quantitative estimate of drug-likeness (QED) is 0.759. The number of benzene rings is 1. The number of aromatic amines is 1. The third kappa shape index (κ3) is 3.31. The Morgan fingerprint density at radius 2 is 2.00 bits per heavy atom. The van der Waals surface area contributed by atoms with Gasteiger partial charge in [0.15, 0.2) is 0 Å². The zero-order valence-electron chi connectivity index (χ0n) is 16.0. The minimum absolute atomic E-state index is 0.00131. The Balaban J connectivity index is 1.61. The first-order chi connectivity index (χ1) is 13.5. The molecule has 1 atom stereocenters. The van der Waals surface area contributed by atoms with Crippen LogP contribution in [0.5, 0.6) is 0 Å². The highest BCUT2D eigenvalue weighted by atomic mass is 16.2. The van der Waals surface area contributed by atoms with Gasteiger partial charge in [0.25, 0.3) is 5.91 Å². The fourth-order valence-corrected chi connectivity index (χ4v) is 3.62. The normalized spacial score (nSPS) is 15.9. The number of rotatable bonds is 4. The van der Waals surface area contributed by atoms with E-state index in [1.54, 1.807) is 35.9 Å². The number of nitrogens with zero attached hydrogens (tertiary/aromatic N) is 4. The number of likely N-dealkylation sites (N-methyl/N-ethyl adjacent to an activating group) is 1. The van der Waals surface area contributed by atoms with Crippen molar-refractivity contribution in [2.75, 3.05) is 25.5 Å². The minimum Gasteiger partial charge on any atom is -0.357 e. The second kappa shape index (κ2) is 7.34. The maximum atomic E-state index is 12.9. The fraction of sp³-hybridized carbons (Fsp3) is 0.286. The van der Waals surface area contributed by atoms with Crippen LogP contribution in [-0.2, 0) is 11.3 Å². The number of hydrogen-bond donors (Lipinski definition) is 1. The van der Waals surface area contributed by atoms with Gasteiger partial charge in [0, 0.05) is 44.6 Å². The lowest BCUT2D eigenvalue weighted by Gasteiger charge is -2.33. The van der Waals surface area contributed by atoms with Crippen molar-refractivity contribution < 1.29 is 9.59 Å². The highest BCUT2D eigenvalue weighted by molar-refractivity contribution is 6.05. The van der Waals surface area contributed by atoms with E-state index < -0.39 is 0 Å². The molecule has 2 aromatic heterocycles. The van der Waals surface area contributed by atoms with Crippen LogP contribution >= 0.6 is 0 Å². The second-order valence-corrected chi connectivity index (χ2v) is 7.17. The van der Waals surface area contributed by atoms with Crippen molar-refractivity contribution in [2.24, 2.45) is 0 Å². The Morgan fingerprint density at radius 3 is 2.75 bits per heavy atom. The van der Waals surface area contributed by atoms with Crippen LogP contribution in [0.15, 0.2) is 54.9 Å². The van der Waals surface area contributed by atoms with Crippen molar-refractivity contribution in [1.29, 1.82) is 0 Å². The Morgan fingerprint density at radius 1 is 1.18 bits per heavy atom. The Bertz CT molecular complexity index is 990. The fourth-order valence-electron chi connectivity index (χ4n) is 3.62. The van der Waals surface area contributed by atoms with E-state index in [2.05, 4.69) is 16.1 Å². The highest BCUT2D eigenvalue weighted by Crippen LogP contribution is 2.39. The molecule has 7 nitrogen and oxygen atoms in total. The predicted molar refractivity (Wildman–Crippen MR) is 106 cm³/mol. The topological polar surface area (TPSA) is 74.2 Å². The minimum atomic E-state index is -0.0296. The lowest BCUT2D eigenvalue weighted by molar-refractivity contribution is -0.129. The number of nitrogens with one attached hydrogen (secondary N) is 1. The van der Waals surface area contributed by atoms with Gasteiger partial charge in [-0.2, -0.15) is 5.10 Å². The van der Waals surface area contributed by atoms with E-state index in [-0.39, 0.29) is 24.3 Å². The Kier molecular flexibility index (Phi) is 4.73. The number of H-pyrrole nitrogens is 1. The van der Waals surface area contributed by atoms with Gasteiger partial charge in [0.1, 0.15) is 12.2 Å². The number of aromatic nitrogens is 3. The average Bonchev–Trinajstić information content (AvgIpc) is 3.39. The molecule has 7 heteroatoms. The number of amides is 2. The monoisotopic (exact) mass is 377 g/mol. The van der Waals surface area contributed by atoms with Crippen LogP contribution in [0.1, 0.15) is 34.1 Å². The van der Waals surface area contributed by atoms with Crippen LogP contribution in [0, 0.1) is 0 Å². The van der Waals surface area contributed by atoms with E-state index in [9.17, 15) is 9.59 Å². The molecule has 2 amide bonds. The van der Waals surface area contributed by atoms with Crippen LogP contribution in [-0.4, -0.2) is 52.1 Å². The van der Waals surface area contributed by atoms with Crippen molar-refractivity contribution in [2.45, 2.75) is 18.9 Å². The number of carbonyl (C=O) groups excluding carboxylic acids is 2. The molecule has 0 radical (unpaired) electrons. The maximum absolute atomic E-state index is 12.9. The van der Waals surface area contributed by atoms with Crippen molar-refractivity contribution in [3.8, 4) is 0 Å². The van der Waals surface area contributed by atoms with Gasteiger partial charge >= 0.3 is 0 Å². The maximum Gasteiger partial charge on any atom is 0.274 e. The van der Waals surface area contributed by atoms with Gasteiger partial charge in [0.2, 0.25) is 5.91 Å². The summed E-state index contributed by atoms with van der Waals surface area (Å²) >= 11 is 0. The van der Waals surface area contributed by atoms with E-state index in [0.717, 1.165) is 23.4 Å². The summed E-state index contributed by atoms with van der Waals surface area (Å²) in [4.78, 5) is 31.2. The molecule has 0 saturated carbocycles. The van der Waals surface area contributed by atoms with Crippen molar-refractivity contribution in [3.63, 3.8) is 0 Å². The SMILES string of the molecule is CN(C)C(=O)Cn1ccc([C@H]2CCN(C(=O)c3ccc[nH]3)c3ccccc32)n1. The van der Waals surface area contributed by atoms with Crippen molar-refractivity contribution >= 4 is 17.5 Å². The summed E-state index contributed by atoms with van der Waals surface area (Å²) in [6.07, 6.45) is 4.38. The Labute approximate surface area is 163 Å². The molecule has 4 rings (SSSR count). The largest absolute Gasteiger partial charge is 0.357 e. The molecule has 0 bridgehead atoms. The van der Waals surface area contributed by atoms with Gasteiger partial charge in [-0.05, 0) is 36.2 Å². The van der Waals surface area contributed by atoms with Crippen LogP contribution in [0.25, 0.3) is 0 Å². The molecule has 0 spiro atoms. The van der Waals surface area contributed by atoms with Crippen LogP contribution in [0.2, 0.25) is 0 Å². The molecule has 0 unspecified atom stereocenters. The molecule has 3 aromatic rings. The zero-order valence-corrected chi connectivity index (χ0v) is 16.0. The van der Waals surface area contributed by atoms with Gasteiger partial charge in [-0.3, -0.25) is 14.3 Å². The van der Waals surface area contributed by atoms with Crippen LogP contribution in [0.3, 0.4) is 0 Å². The first-order valence-corrected chi connectivity index (χ1v) is 9.32. The molecule has 0 fully saturated rings. The van der Waals surface area contributed by atoms with Crippen LogP contribution < -0.4 is 4.90 Å². The molecule has 1 aromatic carbocycles. The second-order valence-electron chi connectivity index (χ2n) is 7.17. The lowest BCUT2D eigenvalue weighted by atomic mass is 9.87. The van der Waals surface area contributed by atoms with E-state index in [0.29, 0.717) is 12.2 Å². The summed E-state index contributed by atoms with van der Waals surface area (Å²) < 4.78 is 1.68. The molecule has 1 N–H and O–H groups in total. The molecular weight excluding hydrogens is 354 g/mol. The third-order valence-electron chi connectivity index (χ3n) is 5.13. The van der Waals surface area contributed by atoms with E-state index in [1.807, 2.05) is 41.4 Å². The summed E-state index contributed by atoms with van der Waals surface area (Å²) in [5, 5.41) is 4.63. The van der Waals surface area contributed by atoms with Gasteiger partial charge in [-0.25, -0.2) is 0 Å². The summed E-state index contributed by atoms with van der Waals surface area (Å²) in [6, 6.07) is 13.6.